The van der Waals surface area contributed by atoms with Gasteiger partial charge in [-0.15, -0.1) is 0 Å². The van der Waals surface area contributed by atoms with Gasteiger partial charge in [-0.05, 0) is 43.0 Å². The molecule has 1 saturated carbocycles. The van der Waals surface area contributed by atoms with Gasteiger partial charge in [0.05, 0.1) is 7.11 Å². The molecule has 0 saturated heterocycles. The van der Waals surface area contributed by atoms with E-state index in [0.29, 0.717) is 0 Å². The molecule has 0 spiro atoms. The smallest absolute Gasteiger partial charge is 0.119 e. The van der Waals surface area contributed by atoms with Crippen LogP contribution < -0.4 is 10.5 Å². The van der Waals surface area contributed by atoms with Crippen molar-refractivity contribution < 1.29 is 4.74 Å². The second-order valence-electron chi connectivity index (χ2n) is 5.35. The molecule has 1 aliphatic carbocycles. The van der Waals surface area contributed by atoms with Crippen LogP contribution in [-0.4, -0.2) is 13.7 Å². The number of benzene rings is 1. The second-order valence-corrected chi connectivity index (χ2v) is 6.14. The predicted molar refractivity (Wildman–Crippen MR) is 79.2 cm³/mol. The van der Waals surface area contributed by atoms with E-state index in [-0.39, 0.29) is 5.41 Å². The molecule has 2 rings (SSSR count). The second kappa shape index (κ2) is 5.62. The summed E-state index contributed by atoms with van der Waals surface area (Å²) in [5, 5.41) is 0. The third kappa shape index (κ3) is 2.43. The van der Waals surface area contributed by atoms with Gasteiger partial charge in [0, 0.05) is 16.4 Å². The summed E-state index contributed by atoms with van der Waals surface area (Å²) in [6.45, 7) is 2.83. The fourth-order valence-electron chi connectivity index (χ4n) is 3.05. The summed E-state index contributed by atoms with van der Waals surface area (Å²) in [7, 11) is 1.72. The van der Waals surface area contributed by atoms with Crippen molar-refractivity contribution >= 4 is 15.9 Å². The Morgan fingerprint density at radius 1 is 1.28 bits per heavy atom. The summed E-state index contributed by atoms with van der Waals surface area (Å²) < 4.78 is 6.61. The van der Waals surface area contributed by atoms with Gasteiger partial charge in [-0.1, -0.05) is 35.2 Å². The molecule has 0 aromatic heterocycles. The van der Waals surface area contributed by atoms with Crippen LogP contribution >= 0.6 is 15.9 Å². The molecular formula is C15H22BrNO. The van der Waals surface area contributed by atoms with Crippen LogP contribution in [0.15, 0.2) is 16.6 Å². The third-order valence-electron chi connectivity index (χ3n) is 4.24. The van der Waals surface area contributed by atoms with E-state index in [2.05, 4.69) is 35.0 Å². The maximum Gasteiger partial charge on any atom is 0.119 e. The Balaban J connectivity index is 2.50. The standard InChI is InChI=1S/C15H22BrNO/c1-11-8-12(18-2)9-13(14(11)16)15(10-17)6-4-3-5-7-15/h8-9H,3-7,10,17H2,1-2H3. The number of aryl methyl sites for hydroxylation is 1. The van der Waals surface area contributed by atoms with E-state index in [1.54, 1.807) is 7.11 Å². The molecule has 2 nitrogen and oxygen atoms in total. The fraction of sp³-hybridized carbons (Fsp3) is 0.600. The largest absolute Gasteiger partial charge is 0.497 e. The highest BCUT2D eigenvalue weighted by Gasteiger charge is 2.34. The molecule has 0 unspecified atom stereocenters. The highest BCUT2D eigenvalue weighted by Crippen LogP contribution is 2.43. The van der Waals surface area contributed by atoms with Gasteiger partial charge >= 0.3 is 0 Å². The number of nitrogens with two attached hydrogens (primary N) is 1. The summed E-state index contributed by atoms with van der Waals surface area (Å²) >= 11 is 3.74. The minimum absolute atomic E-state index is 0.135. The summed E-state index contributed by atoms with van der Waals surface area (Å²) in [4.78, 5) is 0. The van der Waals surface area contributed by atoms with Crippen molar-refractivity contribution in [2.45, 2.75) is 44.4 Å². The van der Waals surface area contributed by atoms with Crippen molar-refractivity contribution in [1.29, 1.82) is 0 Å². The lowest BCUT2D eigenvalue weighted by atomic mass is 9.69. The summed E-state index contributed by atoms with van der Waals surface area (Å²) in [5.41, 5.74) is 8.81. The molecule has 0 atom stereocenters. The number of methoxy groups -OCH3 is 1. The van der Waals surface area contributed by atoms with Crippen LogP contribution in [0.2, 0.25) is 0 Å². The quantitative estimate of drug-likeness (QED) is 0.918. The predicted octanol–water partition coefficient (Wildman–Crippen LogP) is 3.93. The maximum atomic E-state index is 6.12. The average molecular weight is 312 g/mol. The molecule has 3 heteroatoms. The molecule has 0 aliphatic heterocycles. The van der Waals surface area contributed by atoms with Gasteiger partial charge in [-0.2, -0.15) is 0 Å². The molecule has 1 fully saturated rings. The van der Waals surface area contributed by atoms with Crippen molar-refractivity contribution in [2.75, 3.05) is 13.7 Å². The van der Waals surface area contributed by atoms with Gasteiger partial charge in [0.15, 0.2) is 0 Å². The van der Waals surface area contributed by atoms with E-state index in [1.165, 1.54) is 47.7 Å². The number of hydrogen-bond acceptors (Lipinski definition) is 2. The van der Waals surface area contributed by atoms with E-state index < -0.39 is 0 Å². The van der Waals surface area contributed by atoms with Crippen LogP contribution in [0.4, 0.5) is 0 Å². The van der Waals surface area contributed by atoms with Gasteiger partial charge < -0.3 is 10.5 Å². The van der Waals surface area contributed by atoms with Crippen molar-refractivity contribution in [1.82, 2.24) is 0 Å². The minimum Gasteiger partial charge on any atom is -0.497 e. The summed E-state index contributed by atoms with van der Waals surface area (Å²) in [6.07, 6.45) is 6.27. The molecule has 1 aromatic rings. The third-order valence-corrected chi connectivity index (χ3v) is 5.29. The zero-order chi connectivity index (χ0) is 13.2. The zero-order valence-electron chi connectivity index (χ0n) is 11.3. The monoisotopic (exact) mass is 311 g/mol. The van der Waals surface area contributed by atoms with Crippen molar-refractivity contribution in [3.63, 3.8) is 0 Å². The lowest BCUT2D eigenvalue weighted by Gasteiger charge is -2.38. The number of halogens is 1. The summed E-state index contributed by atoms with van der Waals surface area (Å²) in [5.74, 6) is 0.934. The van der Waals surface area contributed by atoms with E-state index in [0.717, 1.165) is 12.3 Å². The van der Waals surface area contributed by atoms with Crippen molar-refractivity contribution in [3.8, 4) is 5.75 Å². The Morgan fingerprint density at radius 3 is 2.50 bits per heavy atom. The molecule has 1 aromatic carbocycles. The lowest BCUT2D eigenvalue weighted by molar-refractivity contribution is 0.298. The van der Waals surface area contributed by atoms with E-state index in [1.807, 2.05) is 0 Å². The zero-order valence-corrected chi connectivity index (χ0v) is 12.8. The normalized spacial score (nSPS) is 18.7. The van der Waals surface area contributed by atoms with Crippen LogP contribution in [0.3, 0.4) is 0 Å². The van der Waals surface area contributed by atoms with Crippen LogP contribution in [0.5, 0.6) is 5.75 Å². The molecular weight excluding hydrogens is 290 g/mol. The van der Waals surface area contributed by atoms with Crippen LogP contribution in [-0.2, 0) is 5.41 Å². The van der Waals surface area contributed by atoms with Gasteiger partial charge in [0.25, 0.3) is 0 Å². The molecule has 18 heavy (non-hydrogen) atoms. The van der Waals surface area contributed by atoms with Gasteiger partial charge in [0.1, 0.15) is 5.75 Å². The van der Waals surface area contributed by atoms with Gasteiger partial charge in [-0.25, -0.2) is 0 Å². The highest BCUT2D eigenvalue weighted by molar-refractivity contribution is 9.10. The van der Waals surface area contributed by atoms with Gasteiger partial charge in [-0.3, -0.25) is 0 Å². The van der Waals surface area contributed by atoms with E-state index >= 15 is 0 Å². The van der Waals surface area contributed by atoms with Crippen LogP contribution in [0.1, 0.15) is 43.2 Å². The Bertz CT molecular complexity index is 425. The average Bonchev–Trinajstić information content (AvgIpc) is 2.42. The molecule has 2 N–H and O–H groups in total. The molecule has 0 bridgehead atoms. The van der Waals surface area contributed by atoms with E-state index in [9.17, 15) is 0 Å². The Hall–Kier alpha value is -0.540. The lowest BCUT2D eigenvalue weighted by Crippen LogP contribution is -2.37. The molecule has 0 heterocycles. The fourth-order valence-corrected chi connectivity index (χ4v) is 3.70. The minimum atomic E-state index is 0.135. The van der Waals surface area contributed by atoms with Gasteiger partial charge in [0.2, 0.25) is 0 Å². The molecule has 100 valence electrons. The Kier molecular flexibility index (Phi) is 4.33. The first kappa shape index (κ1) is 13.9. The maximum absolute atomic E-state index is 6.12. The topological polar surface area (TPSA) is 35.2 Å². The Labute approximate surface area is 118 Å². The first-order valence-corrected chi connectivity index (χ1v) is 7.47. The van der Waals surface area contributed by atoms with Crippen LogP contribution in [0, 0.1) is 6.92 Å². The summed E-state index contributed by atoms with van der Waals surface area (Å²) in [6, 6.07) is 4.23. The first-order valence-electron chi connectivity index (χ1n) is 6.67. The van der Waals surface area contributed by atoms with Crippen LogP contribution in [0.25, 0.3) is 0 Å². The first-order chi connectivity index (χ1) is 8.63. The molecule has 1 aliphatic rings. The van der Waals surface area contributed by atoms with Crippen molar-refractivity contribution in [2.24, 2.45) is 5.73 Å². The highest BCUT2D eigenvalue weighted by atomic mass is 79.9. The van der Waals surface area contributed by atoms with Crippen molar-refractivity contribution in [3.05, 3.63) is 27.7 Å². The molecule has 0 amide bonds. The Morgan fingerprint density at radius 2 is 1.94 bits per heavy atom. The number of hydrogen-bond donors (Lipinski definition) is 1. The molecule has 0 radical (unpaired) electrons. The van der Waals surface area contributed by atoms with E-state index in [4.69, 9.17) is 10.5 Å². The number of ether oxygens (including phenoxy) is 1. The number of rotatable bonds is 3. The SMILES string of the molecule is COc1cc(C)c(Br)c(C2(CN)CCCCC2)c1.